The lowest BCUT2D eigenvalue weighted by Crippen LogP contribution is -2.51. The Morgan fingerprint density at radius 3 is 2.44 bits per heavy atom. The average molecular weight is 366 g/mol. The SMILES string of the molecule is CC(C)N1C(=O)C2(CCN(C(=O)c3cccc(F)c3)CC2)c2ccccc21. The number of carbonyl (C=O) groups excluding carboxylic acids is 2. The summed E-state index contributed by atoms with van der Waals surface area (Å²) in [7, 11) is 0. The first kappa shape index (κ1) is 17.7. The molecule has 0 unspecified atom stereocenters. The van der Waals surface area contributed by atoms with Gasteiger partial charge in [-0.2, -0.15) is 0 Å². The van der Waals surface area contributed by atoms with Crippen LogP contribution in [0.15, 0.2) is 48.5 Å². The highest BCUT2D eigenvalue weighted by atomic mass is 19.1. The number of likely N-dealkylation sites (tertiary alicyclic amines) is 1. The molecule has 0 saturated carbocycles. The molecule has 0 N–H and O–H groups in total. The standard InChI is InChI=1S/C22H23FN2O2/c1-15(2)25-19-9-4-3-8-18(19)22(21(25)27)10-12-24(13-11-22)20(26)16-6-5-7-17(23)14-16/h3-9,14-15H,10-13H2,1-2H3. The van der Waals surface area contributed by atoms with Crippen molar-refractivity contribution in [3.8, 4) is 0 Å². The fraction of sp³-hybridized carbons (Fsp3) is 0.364. The Morgan fingerprint density at radius 2 is 1.78 bits per heavy atom. The predicted molar refractivity (Wildman–Crippen MR) is 102 cm³/mol. The number of amides is 2. The van der Waals surface area contributed by atoms with Crippen LogP contribution in [0.5, 0.6) is 0 Å². The van der Waals surface area contributed by atoms with Gasteiger partial charge in [0.25, 0.3) is 5.91 Å². The predicted octanol–water partition coefficient (Wildman–Crippen LogP) is 3.75. The van der Waals surface area contributed by atoms with E-state index in [-0.39, 0.29) is 17.9 Å². The van der Waals surface area contributed by atoms with E-state index in [0.29, 0.717) is 31.5 Å². The van der Waals surface area contributed by atoms with Crippen LogP contribution in [0.1, 0.15) is 42.6 Å². The molecule has 2 aliphatic heterocycles. The first-order valence-electron chi connectivity index (χ1n) is 9.42. The number of hydrogen-bond donors (Lipinski definition) is 0. The summed E-state index contributed by atoms with van der Waals surface area (Å²) in [4.78, 5) is 29.7. The average Bonchev–Trinajstić information content (AvgIpc) is 2.90. The first-order chi connectivity index (χ1) is 12.9. The minimum atomic E-state index is -0.556. The number of hydrogen-bond acceptors (Lipinski definition) is 2. The quantitative estimate of drug-likeness (QED) is 0.812. The third-order valence-corrected chi connectivity index (χ3v) is 5.80. The molecule has 1 saturated heterocycles. The molecule has 4 nitrogen and oxygen atoms in total. The Balaban J connectivity index is 1.60. The molecular formula is C22H23FN2O2. The van der Waals surface area contributed by atoms with Crippen LogP contribution in [0, 0.1) is 5.82 Å². The van der Waals surface area contributed by atoms with Gasteiger partial charge in [-0.3, -0.25) is 9.59 Å². The molecule has 0 atom stereocenters. The topological polar surface area (TPSA) is 40.6 Å². The van der Waals surface area contributed by atoms with E-state index in [1.807, 2.05) is 43.0 Å². The molecule has 2 aliphatic rings. The molecule has 1 spiro atoms. The van der Waals surface area contributed by atoms with Crippen molar-refractivity contribution in [1.82, 2.24) is 4.90 Å². The van der Waals surface area contributed by atoms with E-state index >= 15 is 0 Å². The van der Waals surface area contributed by atoms with Gasteiger partial charge in [-0.1, -0.05) is 24.3 Å². The Labute approximate surface area is 158 Å². The molecular weight excluding hydrogens is 343 g/mol. The Morgan fingerprint density at radius 1 is 1.07 bits per heavy atom. The zero-order valence-corrected chi connectivity index (χ0v) is 15.6. The molecule has 2 heterocycles. The second-order valence-corrected chi connectivity index (χ2v) is 7.67. The van der Waals surface area contributed by atoms with Crippen molar-refractivity contribution in [3.05, 3.63) is 65.5 Å². The largest absolute Gasteiger partial charge is 0.339 e. The minimum absolute atomic E-state index is 0.0879. The van der Waals surface area contributed by atoms with Crippen LogP contribution in [0.3, 0.4) is 0 Å². The highest BCUT2D eigenvalue weighted by molar-refractivity contribution is 6.08. The van der Waals surface area contributed by atoms with Crippen LogP contribution in [-0.4, -0.2) is 35.8 Å². The zero-order valence-electron chi connectivity index (χ0n) is 15.6. The van der Waals surface area contributed by atoms with E-state index in [4.69, 9.17) is 0 Å². The van der Waals surface area contributed by atoms with Crippen LogP contribution >= 0.6 is 0 Å². The van der Waals surface area contributed by atoms with Gasteiger partial charge in [0.2, 0.25) is 5.91 Å². The highest BCUT2D eigenvalue weighted by Crippen LogP contribution is 2.48. The normalized spacial score (nSPS) is 18.3. The van der Waals surface area contributed by atoms with Gasteiger partial charge in [-0.25, -0.2) is 4.39 Å². The summed E-state index contributed by atoms with van der Waals surface area (Å²) in [5.41, 5.74) is 1.86. The molecule has 2 aromatic carbocycles. The molecule has 1 fully saturated rings. The van der Waals surface area contributed by atoms with E-state index in [2.05, 4.69) is 0 Å². The van der Waals surface area contributed by atoms with Gasteiger partial charge in [0.05, 0.1) is 5.41 Å². The summed E-state index contributed by atoms with van der Waals surface area (Å²) in [5.74, 6) is -0.456. The number of nitrogens with zero attached hydrogens (tertiary/aromatic N) is 2. The van der Waals surface area contributed by atoms with Crippen molar-refractivity contribution < 1.29 is 14.0 Å². The summed E-state index contributed by atoms with van der Waals surface area (Å²) in [6, 6.07) is 13.8. The Bertz CT molecular complexity index is 901. The second kappa shape index (κ2) is 6.48. The third kappa shape index (κ3) is 2.73. The molecule has 0 bridgehead atoms. The molecule has 4 rings (SSSR count). The summed E-state index contributed by atoms with van der Waals surface area (Å²) >= 11 is 0. The minimum Gasteiger partial charge on any atom is -0.339 e. The molecule has 2 aromatic rings. The third-order valence-electron chi connectivity index (χ3n) is 5.80. The van der Waals surface area contributed by atoms with Crippen molar-refractivity contribution >= 4 is 17.5 Å². The molecule has 0 radical (unpaired) electrons. The fourth-order valence-corrected chi connectivity index (χ4v) is 4.44. The molecule has 0 aromatic heterocycles. The van der Waals surface area contributed by atoms with Crippen LogP contribution in [0.25, 0.3) is 0 Å². The number of carbonyl (C=O) groups is 2. The monoisotopic (exact) mass is 366 g/mol. The number of benzene rings is 2. The number of anilines is 1. The van der Waals surface area contributed by atoms with Crippen LogP contribution in [-0.2, 0) is 10.2 Å². The zero-order chi connectivity index (χ0) is 19.2. The van der Waals surface area contributed by atoms with Gasteiger partial charge in [0.15, 0.2) is 0 Å². The molecule has 2 amide bonds. The lowest BCUT2D eigenvalue weighted by Gasteiger charge is -2.39. The van der Waals surface area contributed by atoms with E-state index in [1.165, 1.54) is 12.1 Å². The molecule has 140 valence electrons. The maximum Gasteiger partial charge on any atom is 0.253 e. The Hall–Kier alpha value is -2.69. The van der Waals surface area contributed by atoms with Gasteiger partial charge in [-0.15, -0.1) is 0 Å². The van der Waals surface area contributed by atoms with E-state index < -0.39 is 11.2 Å². The van der Waals surface area contributed by atoms with Crippen molar-refractivity contribution in [1.29, 1.82) is 0 Å². The van der Waals surface area contributed by atoms with E-state index in [9.17, 15) is 14.0 Å². The van der Waals surface area contributed by atoms with Gasteiger partial charge >= 0.3 is 0 Å². The smallest absolute Gasteiger partial charge is 0.253 e. The summed E-state index contributed by atoms with van der Waals surface area (Å²) in [6.07, 6.45) is 1.18. The summed E-state index contributed by atoms with van der Waals surface area (Å²) in [5, 5.41) is 0. The van der Waals surface area contributed by atoms with Crippen molar-refractivity contribution in [3.63, 3.8) is 0 Å². The lowest BCUT2D eigenvalue weighted by molar-refractivity contribution is -0.125. The summed E-state index contributed by atoms with van der Waals surface area (Å²) < 4.78 is 13.4. The first-order valence-corrected chi connectivity index (χ1v) is 9.42. The Kier molecular flexibility index (Phi) is 4.25. The second-order valence-electron chi connectivity index (χ2n) is 7.67. The van der Waals surface area contributed by atoms with Crippen LogP contribution in [0.2, 0.25) is 0 Å². The maximum atomic E-state index is 13.4. The number of piperidine rings is 1. The summed E-state index contributed by atoms with van der Waals surface area (Å²) in [6.45, 7) is 5.02. The molecule has 0 aliphatic carbocycles. The van der Waals surface area contributed by atoms with Crippen molar-refractivity contribution in [2.75, 3.05) is 18.0 Å². The van der Waals surface area contributed by atoms with Gasteiger partial charge in [0.1, 0.15) is 5.82 Å². The lowest BCUT2D eigenvalue weighted by atomic mass is 9.73. The van der Waals surface area contributed by atoms with Gasteiger partial charge in [0, 0.05) is 30.4 Å². The van der Waals surface area contributed by atoms with E-state index in [1.54, 1.807) is 17.0 Å². The highest BCUT2D eigenvalue weighted by Gasteiger charge is 2.52. The molecule has 27 heavy (non-hydrogen) atoms. The number of para-hydroxylation sites is 1. The van der Waals surface area contributed by atoms with Gasteiger partial charge < -0.3 is 9.80 Å². The molecule has 5 heteroatoms. The number of rotatable bonds is 2. The van der Waals surface area contributed by atoms with Crippen molar-refractivity contribution in [2.24, 2.45) is 0 Å². The van der Waals surface area contributed by atoms with Crippen LogP contribution < -0.4 is 4.90 Å². The number of halogens is 1. The van der Waals surface area contributed by atoms with Crippen LogP contribution in [0.4, 0.5) is 10.1 Å². The van der Waals surface area contributed by atoms with E-state index in [0.717, 1.165) is 11.3 Å². The van der Waals surface area contributed by atoms with Crippen molar-refractivity contribution in [2.45, 2.75) is 38.1 Å². The van der Waals surface area contributed by atoms with Gasteiger partial charge in [-0.05, 0) is 56.5 Å². The maximum absolute atomic E-state index is 13.4. The number of fused-ring (bicyclic) bond motifs is 2. The fourth-order valence-electron chi connectivity index (χ4n) is 4.44.